The highest BCUT2D eigenvalue weighted by Crippen LogP contribution is 2.27. The highest BCUT2D eigenvalue weighted by Gasteiger charge is 2.24. The van der Waals surface area contributed by atoms with Gasteiger partial charge in [0.05, 0.1) is 11.9 Å². The van der Waals surface area contributed by atoms with Gasteiger partial charge in [0.25, 0.3) is 0 Å². The standard InChI is InChI=1S/C13H26N2O3S/c16-13-5-9-15(10-6-13)8-2-7-14-19(17,18)11-12-3-1-4-12/h12-14,16H,1-11H2. The lowest BCUT2D eigenvalue weighted by Crippen LogP contribution is -2.38. The molecular weight excluding hydrogens is 264 g/mol. The molecule has 19 heavy (non-hydrogen) atoms. The van der Waals surface area contributed by atoms with Gasteiger partial charge >= 0.3 is 0 Å². The third kappa shape index (κ3) is 5.38. The van der Waals surface area contributed by atoms with Crippen LogP contribution in [-0.4, -0.2) is 56.5 Å². The summed E-state index contributed by atoms with van der Waals surface area (Å²) in [4.78, 5) is 2.30. The molecule has 1 aliphatic heterocycles. The van der Waals surface area contributed by atoms with E-state index in [4.69, 9.17) is 0 Å². The van der Waals surface area contributed by atoms with Gasteiger partial charge in [0.2, 0.25) is 10.0 Å². The van der Waals surface area contributed by atoms with Crippen LogP contribution >= 0.6 is 0 Å². The number of aliphatic hydroxyl groups is 1. The molecule has 1 heterocycles. The fraction of sp³-hybridized carbons (Fsp3) is 1.00. The Bertz CT molecular complexity index is 360. The van der Waals surface area contributed by atoms with Gasteiger partial charge in [0.15, 0.2) is 0 Å². The molecule has 0 aromatic rings. The number of sulfonamides is 1. The Morgan fingerprint density at radius 2 is 1.84 bits per heavy atom. The van der Waals surface area contributed by atoms with E-state index in [1.54, 1.807) is 0 Å². The molecule has 0 aromatic heterocycles. The Balaban J connectivity index is 1.55. The zero-order valence-corrected chi connectivity index (χ0v) is 12.4. The summed E-state index contributed by atoms with van der Waals surface area (Å²) in [5.41, 5.74) is 0. The van der Waals surface area contributed by atoms with Crippen LogP contribution < -0.4 is 4.72 Å². The molecule has 0 spiro atoms. The molecule has 0 radical (unpaired) electrons. The van der Waals surface area contributed by atoms with Gasteiger partial charge in [-0.1, -0.05) is 6.42 Å². The van der Waals surface area contributed by atoms with Gasteiger partial charge in [0.1, 0.15) is 0 Å². The van der Waals surface area contributed by atoms with E-state index >= 15 is 0 Å². The maximum atomic E-state index is 11.8. The minimum absolute atomic E-state index is 0.141. The van der Waals surface area contributed by atoms with Crippen LogP contribution in [0, 0.1) is 5.92 Å². The predicted octanol–water partition coefficient (Wildman–Crippen LogP) is 0.553. The summed E-state index contributed by atoms with van der Waals surface area (Å²) in [6.45, 7) is 3.30. The van der Waals surface area contributed by atoms with E-state index in [1.165, 1.54) is 6.42 Å². The van der Waals surface area contributed by atoms with E-state index in [-0.39, 0.29) is 6.10 Å². The largest absolute Gasteiger partial charge is 0.393 e. The van der Waals surface area contributed by atoms with Crippen molar-refractivity contribution < 1.29 is 13.5 Å². The fourth-order valence-electron chi connectivity index (χ4n) is 2.70. The van der Waals surface area contributed by atoms with Crippen molar-refractivity contribution in [3.63, 3.8) is 0 Å². The van der Waals surface area contributed by atoms with Gasteiger partial charge in [-0.05, 0) is 44.6 Å². The third-order valence-corrected chi connectivity index (χ3v) is 5.76. The number of likely N-dealkylation sites (tertiary alicyclic amines) is 1. The Labute approximate surface area is 116 Å². The van der Waals surface area contributed by atoms with Crippen molar-refractivity contribution in [1.29, 1.82) is 0 Å². The minimum atomic E-state index is -3.06. The number of rotatable bonds is 7. The van der Waals surface area contributed by atoms with Gasteiger partial charge in [-0.15, -0.1) is 0 Å². The smallest absolute Gasteiger partial charge is 0.211 e. The van der Waals surface area contributed by atoms with E-state index in [9.17, 15) is 13.5 Å². The molecule has 1 saturated carbocycles. The molecule has 112 valence electrons. The van der Waals surface area contributed by atoms with Crippen molar-refractivity contribution in [2.45, 2.75) is 44.6 Å². The van der Waals surface area contributed by atoms with Crippen LogP contribution in [0.5, 0.6) is 0 Å². The molecule has 0 bridgehead atoms. The average Bonchev–Trinajstić information content (AvgIpc) is 2.32. The topological polar surface area (TPSA) is 69.6 Å². The van der Waals surface area contributed by atoms with Crippen molar-refractivity contribution in [2.75, 3.05) is 31.9 Å². The highest BCUT2D eigenvalue weighted by atomic mass is 32.2. The number of nitrogens with one attached hydrogen (secondary N) is 1. The molecule has 2 N–H and O–H groups in total. The summed E-state index contributed by atoms with van der Waals surface area (Å²) in [7, 11) is -3.06. The molecule has 5 nitrogen and oxygen atoms in total. The third-order valence-electron chi connectivity index (χ3n) is 4.21. The first-order chi connectivity index (χ1) is 9.05. The monoisotopic (exact) mass is 290 g/mol. The van der Waals surface area contributed by atoms with Crippen molar-refractivity contribution in [1.82, 2.24) is 9.62 Å². The Kier molecular flexibility index (Phi) is 5.62. The first-order valence-corrected chi connectivity index (χ1v) is 9.08. The molecule has 2 aliphatic rings. The maximum Gasteiger partial charge on any atom is 0.211 e. The summed E-state index contributed by atoms with van der Waals surface area (Å²) < 4.78 is 26.2. The second-order valence-electron chi connectivity index (χ2n) is 5.90. The lowest BCUT2D eigenvalue weighted by molar-refractivity contribution is 0.0823. The average molecular weight is 290 g/mol. The Morgan fingerprint density at radius 1 is 1.16 bits per heavy atom. The number of nitrogens with zero attached hydrogens (tertiary/aromatic N) is 1. The number of hydrogen-bond donors (Lipinski definition) is 2. The van der Waals surface area contributed by atoms with Crippen LogP contribution in [0.15, 0.2) is 0 Å². The van der Waals surface area contributed by atoms with Crippen LogP contribution in [-0.2, 0) is 10.0 Å². The van der Waals surface area contributed by atoms with E-state index in [0.717, 1.165) is 51.7 Å². The van der Waals surface area contributed by atoms with Crippen LogP contribution in [0.25, 0.3) is 0 Å². The first-order valence-electron chi connectivity index (χ1n) is 7.43. The highest BCUT2D eigenvalue weighted by molar-refractivity contribution is 7.89. The van der Waals surface area contributed by atoms with Crippen molar-refractivity contribution >= 4 is 10.0 Å². The Morgan fingerprint density at radius 3 is 2.42 bits per heavy atom. The summed E-state index contributed by atoms with van der Waals surface area (Å²) in [5.74, 6) is 0.698. The van der Waals surface area contributed by atoms with Crippen molar-refractivity contribution in [3.8, 4) is 0 Å². The second-order valence-corrected chi connectivity index (χ2v) is 7.75. The van der Waals surface area contributed by atoms with Crippen LogP contribution in [0.1, 0.15) is 38.5 Å². The van der Waals surface area contributed by atoms with Gasteiger partial charge in [0, 0.05) is 19.6 Å². The zero-order chi connectivity index (χ0) is 13.7. The summed E-state index contributed by atoms with van der Waals surface area (Å²) in [5, 5.41) is 9.40. The quantitative estimate of drug-likeness (QED) is 0.672. The SMILES string of the molecule is O=S(=O)(CC1CCC1)NCCCN1CCC(O)CC1. The van der Waals surface area contributed by atoms with Gasteiger partial charge in [-0.25, -0.2) is 13.1 Å². The van der Waals surface area contributed by atoms with Gasteiger partial charge in [-0.2, -0.15) is 0 Å². The van der Waals surface area contributed by atoms with Gasteiger partial charge in [-0.3, -0.25) is 0 Å². The molecule has 0 amide bonds. The molecule has 2 rings (SSSR count). The van der Waals surface area contributed by atoms with Crippen molar-refractivity contribution in [2.24, 2.45) is 5.92 Å². The fourth-order valence-corrected chi connectivity index (χ4v) is 4.23. The molecule has 6 heteroatoms. The van der Waals surface area contributed by atoms with E-state index in [0.29, 0.717) is 18.2 Å². The minimum Gasteiger partial charge on any atom is -0.393 e. The normalized spacial score (nSPS) is 23.4. The molecule has 0 unspecified atom stereocenters. The molecule has 2 fully saturated rings. The van der Waals surface area contributed by atoms with Crippen molar-refractivity contribution in [3.05, 3.63) is 0 Å². The van der Waals surface area contributed by atoms with Gasteiger partial charge < -0.3 is 10.0 Å². The maximum absolute atomic E-state index is 11.8. The lowest BCUT2D eigenvalue weighted by Gasteiger charge is -2.29. The molecule has 1 aliphatic carbocycles. The van der Waals surface area contributed by atoms with Crippen LogP contribution in [0.2, 0.25) is 0 Å². The summed E-state index contributed by atoms with van der Waals surface area (Å²) in [6.07, 6.45) is 5.70. The first kappa shape index (κ1) is 15.2. The summed E-state index contributed by atoms with van der Waals surface area (Å²) in [6, 6.07) is 0. The summed E-state index contributed by atoms with van der Waals surface area (Å²) >= 11 is 0. The van der Waals surface area contributed by atoms with Crippen LogP contribution in [0.4, 0.5) is 0 Å². The van der Waals surface area contributed by atoms with E-state index in [2.05, 4.69) is 9.62 Å². The van der Waals surface area contributed by atoms with E-state index in [1.807, 2.05) is 0 Å². The zero-order valence-electron chi connectivity index (χ0n) is 11.6. The molecule has 0 aromatic carbocycles. The molecular formula is C13H26N2O3S. The lowest BCUT2D eigenvalue weighted by atomic mass is 9.87. The second kappa shape index (κ2) is 7.02. The Hall–Kier alpha value is -0.170. The molecule has 0 atom stereocenters. The number of aliphatic hydroxyl groups excluding tert-OH is 1. The number of hydrogen-bond acceptors (Lipinski definition) is 4. The number of piperidine rings is 1. The molecule has 1 saturated heterocycles. The van der Waals surface area contributed by atoms with E-state index < -0.39 is 10.0 Å². The van der Waals surface area contributed by atoms with Crippen LogP contribution in [0.3, 0.4) is 0 Å². The predicted molar refractivity (Wildman–Crippen MR) is 75.4 cm³/mol.